The summed E-state index contributed by atoms with van der Waals surface area (Å²) in [5.41, 5.74) is 1.61. The van der Waals surface area contributed by atoms with Gasteiger partial charge in [0.2, 0.25) is 0 Å². The highest BCUT2D eigenvalue weighted by molar-refractivity contribution is 5.89. The van der Waals surface area contributed by atoms with Crippen molar-refractivity contribution in [1.29, 1.82) is 0 Å². The molecule has 134 valence electrons. The summed E-state index contributed by atoms with van der Waals surface area (Å²) >= 11 is 0. The minimum Gasteiger partial charge on any atom is -0.497 e. The molecule has 0 aliphatic carbocycles. The molecular weight excluding hydrogens is 320 g/mol. The van der Waals surface area contributed by atoms with E-state index in [2.05, 4.69) is 10.6 Å². The van der Waals surface area contributed by atoms with Gasteiger partial charge in [0.25, 0.3) is 0 Å². The molecule has 25 heavy (non-hydrogen) atoms. The van der Waals surface area contributed by atoms with Crippen molar-refractivity contribution in [2.75, 3.05) is 26.6 Å². The van der Waals surface area contributed by atoms with E-state index in [4.69, 9.17) is 14.2 Å². The maximum absolute atomic E-state index is 12.3. The third kappa shape index (κ3) is 4.79. The van der Waals surface area contributed by atoms with Crippen LogP contribution in [0, 0.1) is 0 Å². The van der Waals surface area contributed by atoms with Gasteiger partial charge >= 0.3 is 6.03 Å². The number of ether oxygens (including phenoxy) is 3. The van der Waals surface area contributed by atoms with E-state index in [-0.39, 0.29) is 12.1 Å². The number of hydrogen-bond donors (Lipinski definition) is 2. The molecule has 0 aliphatic rings. The van der Waals surface area contributed by atoms with Gasteiger partial charge in [-0.3, -0.25) is 0 Å². The van der Waals surface area contributed by atoms with Crippen LogP contribution in [0.2, 0.25) is 0 Å². The molecular formula is C19H24N2O4. The normalized spacial score (nSPS) is 11.4. The van der Waals surface area contributed by atoms with Gasteiger partial charge in [-0.1, -0.05) is 19.1 Å². The van der Waals surface area contributed by atoms with Crippen molar-refractivity contribution in [3.63, 3.8) is 0 Å². The molecule has 2 rings (SSSR count). The molecule has 0 saturated carbocycles. The van der Waals surface area contributed by atoms with Crippen molar-refractivity contribution >= 4 is 11.7 Å². The average molecular weight is 344 g/mol. The molecule has 6 heteroatoms. The largest absolute Gasteiger partial charge is 0.497 e. The second-order valence-electron chi connectivity index (χ2n) is 5.41. The van der Waals surface area contributed by atoms with Crippen LogP contribution in [0.3, 0.4) is 0 Å². The molecule has 0 saturated heterocycles. The molecule has 2 N–H and O–H groups in total. The molecule has 0 radical (unpaired) electrons. The Morgan fingerprint density at radius 2 is 1.76 bits per heavy atom. The molecule has 0 aromatic heterocycles. The smallest absolute Gasteiger partial charge is 0.319 e. The molecule has 0 spiro atoms. The van der Waals surface area contributed by atoms with Crippen LogP contribution in [0.1, 0.15) is 24.9 Å². The first kappa shape index (κ1) is 18.4. The predicted octanol–water partition coefficient (Wildman–Crippen LogP) is 3.99. The summed E-state index contributed by atoms with van der Waals surface area (Å²) in [7, 11) is 4.77. The Kier molecular flexibility index (Phi) is 6.51. The van der Waals surface area contributed by atoms with Crippen LogP contribution in [0.5, 0.6) is 17.2 Å². The first-order chi connectivity index (χ1) is 12.1. The Hall–Kier alpha value is -2.89. The fraction of sp³-hybridized carbons (Fsp3) is 0.316. The van der Waals surface area contributed by atoms with Crippen molar-refractivity contribution < 1.29 is 19.0 Å². The van der Waals surface area contributed by atoms with Crippen LogP contribution in [-0.2, 0) is 0 Å². The quantitative estimate of drug-likeness (QED) is 0.797. The van der Waals surface area contributed by atoms with Gasteiger partial charge in [0, 0.05) is 11.8 Å². The Balaban J connectivity index is 2.09. The number of carbonyl (C=O) groups excluding carboxylic acids is 1. The lowest BCUT2D eigenvalue weighted by atomic mass is 10.0. The summed E-state index contributed by atoms with van der Waals surface area (Å²) in [6.07, 6.45) is 0.737. The molecule has 1 unspecified atom stereocenters. The zero-order valence-electron chi connectivity index (χ0n) is 15.0. The summed E-state index contributed by atoms with van der Waals surface area (Å²) in [5.74, 6) is 1.97. The summed E-state index contributed by atoms with van der Waals surface area (Å²) in [6.45, 7) is 2.01. The van der Waals surface area contributed by atoms with E-state index in [0.717, 1.165) is 12.0 Å². The highest BCUT2D eigenvalue weighted by atomic mass is 16.5. The molecule has 1 atom stereocenters. The van der Waals surface area contributed by atoms with Crippen molar-refractivity contribution in [3.05, 3.63) is 48.0 Å². The maximum atomic E-state index is 12.3. The van der Waals surface area contributed by atoms with Gasteiger partial charge < -0.3 is 24.8 Å². The third-order valence-electron chi connectivity index (χ3n) is 3.85. The Morgan fingerprint density at radius 3 is 2.40 bits per heavy atom. The van der Waals surface area contributed by atoms with Gasteiger partial charge in [0.05, 0.1) is 27.4 Å². The first-order valence-electron chi connectivity index (χ1n) is 8.04. The Labute approximate surface area is 148 Å². The van der Waals surface area contributed by atoms with Crippen LogP contribution in [-0.4, -0.2) is 27.4 Å². The SMILES string of the molecule is CCC(NC(=O)Nc1cccc(OC)c1)c1ccc(OC)c(OC)c1. The lowest BCUT2D eigenvalue weighted by Gasteiger charge is -2.19. The molecule has 6 nitrogen and oxygen atoms in total. The van der Waals surface area contributed by atoms with Crippen molar-refractivity contribution in [1.82, 2.24) is 5.32 Å². The summed E-state index contributed by atoms with van der Waals surface area (Å²) < 4.78 is 15.7. The standard InChI is InChI=1S/C19H24N2O4/c1-5-16(13-9-10-17(24-3)18(11-13)25-4)21-19(22)20-14-7-6-8-15(12-14)23-2/h6-12,16H,5H2,1-4H3,(H2,20,21,22). The Bertz CT molecular complexity index is 718. The van der Waals surface area contributed by atoms with E-state index in [0.29, 0.717) is 22.9 Å². The van der Waals surface area contributed by atoms with E-state index < -0.39 is 0 Å². The molecule has 2 aromatic carbocycles. The lowest BCUT2D eigenvalue weighted by Crippen LogP contribution is -2.32. The molecule has 0 aliphatic heterocycles. The van der Waals surface area contributed by atoms with E-state index in [1.54, 1.807) is 33.5 Å². The summed E-state index contributed by atoms with van der Waals surface area (Å²) in [5, 5.41) is 5.79. The van der Waals surface area contributed by atoms with Crippen molar-refractivity contribution in [3.8, 4) is 17.2 Å². The van der Waals surface area contributed by atoms with Gasteiger partial charge in [-0.2, -0.15) is 0 Å². The Morgan fingerprint density at radius 1 is 1.00 bits per heavy atom. The molecule has 0 bridgehead atoms. The highest BCUT2D eigenvalue weighted by Crippen LogP contribution is 2.30. The number of amides is 2. The predicted molar refractivity (Wildman–Crippen MR) is 97.7 cm³/mol. The summed E-state index contributed by atoms with van der Waals surface area (Å²) in [4.78, 5) is 12.3. The number of urea groups is 1. The topological polar surface area (TPSA) is 68.8 Å². The summed E-state index contributed by atoms with van der Waals surface area (Å²) in [6, 6.07) is 12.4. The van der Waals surface area contributed by atoms with Crippen LogP contribution in [0.15, 0.2) is 42.5 Å². The van der Waals surface area contributed by atoms with E-state index >= 15 is 0 Å². The average Bonchev–Trinajstić information content (AvgIpc) is 2.65. The molecule has 0 fully saturated rings. The minimum atomic E-state index is -0.283. The second-order valence-corrected chi connectivity index (χ2v) is 5.41. The number of methoxy groups -OCH3 is 3. The molecule has 2 amide bonds. The van der Waals surface area contributed by atoms with Gasteiger partial charge in [0.1, 0.15) is 5.75 Å². The number of carbonyl (C=O) groups is 1. The number of rotatable bonds is 7. The van der Waals surface area contributed by atoms with Crippen LogP contribution in [0.4, 0.5) is 10.5 Å². The van der Waals surface area contributed by atoms with Crippen molar-refractivity contribution in [2.24, 2.45) is 0 Å². The van der Waals surface area contributed by atoms with Gasteiger partial charge in [-0.15, -0.1) is 0 Å². The minimum absolute atomic E-state index is 0.148. The number of hydrogen-bond acceptors (Lipinski definition) is 4. The van der Waals surface area contributed by atoms with E-state index in [9.17, 15) is 4.79 Å². The number of nitrogens with one attached hydrogen (secondary N) is 2. The second kappa shape index (κ2) is 8.82. The van der Waals surface area contributed by atoms with E-state index in [1.165, 1.54) is 0 Å². The number of benzene rings is 2. The highest BCUT2D eigenvalue weighted by Gasteiger charge is 2.15. The van der Waals surface area contributed by atoms with Gasteiger partial charge in [-0.25, -0.2) is 4.79 Å². The fourth-order valence-electron chi connectivity index (χ4n) is 2.52. The van der Waals surface area contributed by atoms with Gasteiger partial charge in [-0.05, 0) is 36.2 Å². The van der Waals surface area contributed by atoms with Crippen molar-refractivity contribution in [2.45, 2.75) is 19.4 Å². The molecule has 2 aromatic rings. The first-order valence-corrected chi connectivity index (χ1v) is 8.04. The lowest BCUT2D eigenvalue weighted by molar-refractivity contribution is 0.248. The zero-order valence-corrected chi connectivity index (χ0v) is 15.0. The van der Waals surface area contributed by atoms with Crippen LogP contribution in [0.25, 0.3) is 0 Å². The maximum Gasteiger partial charge on any atom is 0.319 e. The zero-order chi connectivity index (χ0) is 18.2. The van der Waals surface area contributed by atoms with Crippen LogP contribution >= 0.6 is 0 Å². The fourth-order valence-corrected chi connectivity index (χ4v) is 2.52. The number of anilines is 1. The third-order valence-corrected chi connectivity index (χ3v) is 3.85. The van der Waals surface area contributed by atoms with E-state index in [1.807, 2.05) is 37.3 Å². The van der Waals surface area contributed by atoms with Crippen LogP contribution < -0.4 is 24.8 Å². The van der Waals surface area contributed by atoms with Gasteiger partial charge in [0.15, 0.2) is 11.5 Å². The monoisotopic (exact) mass is 344 g/mol. The molecule has 0 heterocycles.